The molecule has 0 aliphatic carbocycles. The Kier molecular flexibility index (Phi) is 4.26. The lowest BCUT2D eigenvalue weighted by molar-refractivity contribution is -0.209. The Hall–Kier alpha value is -0.940. The average Bonchev–Trinajstić information content (AvgIpc) is 2.85. The highest BCUT2D eigenvalue weighted by molar-refractivity contribution is 6.17. The molecule has 1 aromatic rings. The number of benzene rings is 1. The van der Waals surface area contributed by atoms with E-state index >= 15 is 0 Å². The zero-order valence-electron chi connectivity index (χ0n) is 10.2. The Morgan fingerprint density at radius 3 is 2.47 bits per heavy atom. The number of aliphatic hydroxyl groups is 1. The molecule has 1 heterocycles. The first-order chi connectivity index (χ1) is 8.93. The summed E-state index contributed by atoms with van der Waals surface area (Å²) in [7, 11) is 0. The molecule has 0 unspecified atom stereocenters. The van der Waals surface area contributed by atoms with Gasteiger partial charge in [-0.15, -0.1) is 11.6 Å². The van der Waals surface area contributed by atoms with Crippen LogP contribution in [-0.2, 0) is 5.88 Å². The summed E-state index contributed by atoms with van der Waals surface area (Å²) in [5.41, 5.74) is 1.61. The molecule has 0 saturated carbocycles. The van der Waals surface area contributed by atoms with E-state index in [1.807, 2.05) is 0 Å². The van der Waals surface area contributed by atoms with Gasteiger partial charge in [0, 0.05) is 18.1 Å². The maximum absolute atomic E-state index is 12.6. The van der Waals surface area contributed by atoms with Gasteiger partial charge in [0.05, 0.1) is 6.04 Å². The van der Waals surface area contributed by atoms with Gasteiger partial charge in [-0.1, -0.05) is 12.1 Å². The molecule has 0 aromatic heterocycles. The second-order valence-electron chi connectivity index (χ2n) is 4.69. The fourth-order valence-corrected chi connectivity index (χ4v) is 2.61. The fraction of sp³-hybridized carbons (Fsp3) is 0.538. The summed E-state index contributed by atoms with van der Waals surface area (Å²) in [4.78, 5) is 1.62. The standard InChI is InChI=1S/C13H15ClF3NO/c14-8-9-3-5-10(6-4-9)18-7-1-2-11(18)12(19)13(15,16)17/h3-6,11-12,19H,1-2,7-8H2/t11-,12+/m1/s1. The minimum Gasteiger partial charge on any atom is -0.382 e. The molecular formula is C13H15ClF3NO. The average molecular weight is 294 g/mol. The molecule has 0 bridgehead atoms. The molecule has 0 spiro atoms. The van der Waals surface area contributed by atoms with Crippen LogP contribution < -0.4 is 4.90 Å². The first kappa shape index (κ1) is 14.5. The number of hydrogen-bond donors (Lipinski definition) is 1. The smallest absolute Gasteiger partial charge is 0.382 e. The Morgan fingerprint density at radius 1 is 1.32 bits per heavy atom. The lowest BCUT2D eigenvalue weighted by Crippen LogP contribution is -2.47. The van der Waals surface area contributed by atoms with Crippen molar-refractivity contribution in [2.45, 2.75) is 37.0 Å². The van der Waals surface area contributed by atoms with Crippen molar-refractivity contribution >= 4 is 17.3 Å². The number of hydrogen-bond acceptors (Lipinski definition) is 2. The Bertz CT molecular complexity index is 421. The number of halogens is 4. The summed E-state index contributed by atoms with van der Waals surface area (Å²) < 4.78 is 37.8. The molecule has 0 amide bonds. The van der Waals surface area contributed by atoms with Gasteiger partial charge in [0.2, 0.25) is 0 Å². The highest BCUT2D eigenvalue weighted by atomic mass is 35.5. The van der Waals surface area contributed by atoms with Crippen LogP contribution in [0.25, 0.3) is 0 Å². The predicted molar refractivity (Wildman–Crippen MR) is 68.4 cm³/mol. The first-order valence-electron chi connectivity index (χ1n) is 6.10. The molecule has 1 aliphatic rings. The minimum atomic E-state index is -4.58. The highest BCUT2D eigenvalue weighted by Gasteiger charge is 2.47. The quantitative estimate of drug-likeness (QED) is 0.864. The van der Waals surface area contributed by atoms with Gasteiger partial charge in [-0.25, -0.2) is 0 Å². The molecule has 1 N–H and O–H groups in total. The molecule has 6 heteroatoms. The zero-order valence-corrected chi connectivity index (χ0v) is 11.0. The van der Waals surface area contributed by atoms with E-state index in [1.54, 1.807) is 29.2 Å². The molecule has 1 saturated heterocycles. The summed E-state index contributed by atoms with van der Waals surface area (Å²) >= 11 is 5.68. The van der Waals surface area contributed by atoms with Crippen molar-refractivity contribution in [2.75, 3.05) is 11.4 Å². The SMILES string of the molecule is O[C@@H]([C@H]1CCCN1c1ccc(CCl)cc1)C(F)(F)F. The van der Waals surface area contributed by atoms with Crippen LogP contribution in [0.5, 0.6) is 0 Å². The maximum Gasteiger partial charge on any atom is 0.416 e. The summed E-state index contributed by atoms with van der Waals surface area (Å²) in [6.07, 6.45) is -5.89. The van der Waals surface area contributed by atoms with Gasteiger partial charge in [0.25, 0.3) is 0 Å². The van der Waals surface area contributed by atoms with Crippen LogP contribution in [0.3, 0.4) is 0 Å². The topological polar surface area (TPSA) is 23.5 Å². The predicted octanol–water partition coefficient (Wildman–Crippen LogP) is 3.32. The minimum absolute atomic E-state index is 0.345. The van der Waals surface area contributed by atoms with Crippen LogP contribution in [0.4, 0.5) is 18.9 Å². The third kappa shape index (κ3) is 3.15. The van der Waals surface area contributed by atoms with Gasteiger partial charge < -0.3 is 10.0 Å². The number of rotatable bonds is 3. The fourth-order valence-electron chi connectivity index (χ4n) is 2.44. The third-order valence-corrected chi connectivity index (χ3v) is 3.73. The number of nitrogens with zero attached hydrogens (tertiary/aromatic N) is 1. The van der Waals surface area contributed by atoms with Gasteiger partial charge in [0.1, 0.15) is 0 Å². The van der Waals surface area contributed by atoms with Crippen molar-refractivity contribution in [3.63, 3.8) is 0 Å². The van der Waals surface area contributed by atoms with Crippen molar-refractivity contribution in [3.05, 3.63) is 29.8 Å². The second kappa shape index (κ2) is 5.59. The summed E-state index contributed by atoms with van der Waals surface area (Å²) in [5, 5.41) is 9.43. The van der Waals surface area contributed by atoms with Crippen molar-refractivity contribution in [1.82, 2.24) is 0 Å². The molecule has 1 fully saturated rings. The largest absolute Gasteiger partial charge is 0.416 e. The normalized spacial score (nSPS) is 21.7. The van der Waals surface area contributed by atoms with Crippen LogP contribution in [0.15, 0.2) is 24.3 Å². The molecule has 19 heavy (non-hydrogen) atoms. The zero-order chi connectivity index (χ0) is 14.0. The maximum atomic E-state index is 12.6. The van der Waals surface area contributed by atoms with E-state index in [2.05, 4.69) is 0 Å². The van der Waals surface area contributed by atoms with Gasteiger partial charge in [-0.05, 0) is 30.5 Å². The van der Waals surface area contributed by atoms with E-state index < -0.39 is 18.3 Å². The molecule has 2 atom stereocenters. The van der Waals surface area contributed by atoms with Gasteiger partial charge >= 0.3 is 6.18 Å². The van der Waals surface area contributed by atoms with E-state index in [0.717, 1.165) is 5.56 Å². The van der Waals surface area contributed by atoms with Crippen molar-refractivity contribution in [1.29, 1.82) is 0 Å². The van der Waals surface area contributed by atoms with Gasteiger partial charge in [-0.2, -0.15) is 13.2 Å². The number of aliphatic hydroxyl groups excluding tert-OH is 1. The Labute approximate surface area is 114 Å². The lowest BCUT2D eigenvalue weighted by atomic mass is 10.1. The van der Waals surface area contributed by atoms with Crippen LogP contribution >= 0.6 is 11.6 Å². The Morgan fingerprint density at radius 2 is 1.95 bits per heavy atom. The summed E-state index contributed by atoms with van der Waals surface area (Å²) in [5.74, 6) is 0.370. The van der Waals surface area contributed by atoms with E-state index in [-0.39, 0.29) is 0 Å². The summed E-state index contributed by atoms with van der Waals surface area (Å²) in [6, 6.07) is 6.18. The number of alkyl halides is 4. The lowest BCUT2D eigenvalue weighted by Gasteiger charge is -2.31. The van der Waals surface area contributed by atoms with Crippen LogP contribution in [0.2, 0.25) is 0 Å². The molecule has 0 radical (unpaired) electrons. The van der Waals surface area contributed by atoms with Gasteiger partial charge in [-0.3, -0.25) is 0 Å². The van der Waals surface area contributed by atoms with Gasteiger partial charge in [0.15, 0.2) is 6.10 Å². The summed E-state index contributed by atoms with van der Waals surface area (Å²) in [6.45, 7) is 0.526. The van der Waals surface area contributed by atoms with E-state index in [4.69, 9.17) is 11.6 Å². The third-order valence-electron chi connectivity index (χ3n) is 3.42. The second-order valence-corrected chi connectivity index (χ2v) is 4.96. The molecular weight excluding hydrogens is 279 g/mol. The highest BCUT2D eigenvalue weighted by Crippen LogP contribution is 2.33. The van der Waals surface area contributed by atoms with Crippen molar-refractivity contribution in [2.24, 2.45) is 0 Å². The molecule has 1 aromatic carbocycles. The Balaban J connectivity index is 2.18. The van der Waals surface area contributed by atoms with E-state index in [9.17, 15) is 18.3 Å². The first-order valence-corrected chi connectivity index (χ1v) is 6.63. The molecule has 2 rings (SSSR count). The van der Waals surface area contributed by atoms with Crippen molar-refractivity contribution in [3.8, 4) is 0 Å². The van der Waals surface area contributed by atoms with Crippen LogP contribution in [0, 0.1) is 0 Å². The molecule has 1 aliphatic heterocycles. The van der Waals surface area contributed by atoms with Crippen LogP contribution in [0.1, 0.15) is 18.4 Å². The van der Waals surface area contributed by atoms with Crippen molar-refractivity contribution < 1.29 is 18.3 Å². The number of anilines is 1. The molecule has 106 valence electrons. The van der Waals surface area contributed by atoms with E-state index in [0.29, 0.717) is 31.0 Å². The molecule has 2 nitrogen and oxygen atoms in total. The van der Waals surface area contributed by atoms with E-state index in [1.165, 1.54) is 0 Å². The van der Waals surface area contributed by atoms with Crippen LogP contribution in [-0.4, -0.2) is 30.0 Å². The monoisotopic (exact) mass is 293 g/mol.